The fraction of sp³-hybridized carbons (Fsp3) is 0.250. The Kier molecular flexibility index (Phi) is 5.13. The van der Waals surface area contributed by atoms with Gasteiger partial charge in [0, 0.05) is 6.26 Å². The van der Waals surface area contributed by atoms with Crippen LogP contribution in [0.5, 0.6) is 0 Å². The van der Waals surface area contributed by atoms with Gasteiger partial charge in [-0.25, -0.2) is 17.2 Å². The molecule has 0 amide bonds. The molecule has 0 aliphatic rings. The normalized spacial score (nSPS) is 14.7. The number of benzene rings is 2. The highest BCUT2D eigenvalue weighted by atomic mass is 32.2. The first-order valence-electron chi connectivity index (χ1n) is 6.82. The van der Waals surface area contributed by atoms with Crippen LogP contribution in [-0.2, 0) is 9.84 Å². The van der Waals surface area contributed by atoms with Gasteiger partial charge in [0.2, 0.25) is 0 Å². The maximum atomic E-state index is 12.5. The predicted molar refractivity (Wildman–Crippen MR) is 83.9 cm³/mol. The average molecular weight is 341 g/mol. The van der Waals surface area contributed by atoms with Crippen LogP contribution < -0.4 is 5.73 Å². The number of alkyl halides is 2. The van der Waals surface area contributed by atoms with Crippen LogP contribution in [0.3, 0.4) is 0 Å². The van der Waals surface area contributed by atoms with Crippen LogP contribution in [0.4, 0.5) is 8.78 Å². The summed E-state index contributed by atoms with van der Waals surface area (Å²) >= 11 is 0. The van der Waals surface area contributed by atoms with E-state index in [9.17, 15) is 22.3 Å². The van der Waals surface area contributed by atoms with E-state index >= 15 is 0 Å². The summed E-state index contributed by atoms with van der Waals surface area (Å²) in [5, 5.41) is 9.78. The molecule has 2 rings (SSSR count). The summed E-state index contributed by atoms with van der Waals surface area (Å²) in [6.45, 7) is 0. The molecule has 0 radical (unpaired) electrons. The summed E-state index contributed by atoms with van der Waals surface area (Å²) in [5.41, 5.74) is 7.09. The Hall–Kier alpha value is -1.83. The quantitative estimate of drug-likeness (QED) is 0.875. The summed E-state index contributed by atoms with van der Waals surface area (Å²) in [4.78, 5) is 0.219. The van der Waals surface area contributed by atoms with E-state index in [0.717, 1.165) is 17.4 Å². The molecule has 0 aliphatic carbocycles. The van der Waals surface area contributed by atoms with Gasteiger partial charge in [-0.05, 0) is 28.8 Å². The lowest BCUT2D eigenvalue weighted by Gasteiger charge is -2.18. The van der Waals surface area contributed by atoms with Gasteiger partial charge in [-0.3, -0.25) is 0 Å². The van der Waals surface area contributed by atoms with Gasteiger partial charge in [0.1, 0.15) is 0 Å². The monoisotopic (exact) mass is 341 g/mol. The fourth-order valence-electron chi connectivity index (χ4n) is 2.13. The molecular weight excluding hydrogens is 324 g/mol. The number of sulfone groups is 1. The molecule has 124 valence electrons. The first kappa shape index (κ1) is 17.5. The van der Waals surface area contributed by atoms with Crippen LogP contribution in [0.1, 0.15) is 11.7 Å². The Bertz CT molecular complexity index is 759. The Morgan fingerprint density at radius 3 is 1.78 bits per heavy atom. The van der Waals surface area contributed by atoms with Crippen LogP contribution in [0.2, 0.25) is 0 Å². The summed E-state index contributed by atoms with van der Waals surface area (Å²) in [7, 11) is -3.26. The molecule has 23 heavy (non-hydrogen) atoms. The van der Waals surface area contributed by atoms with Gasteiger partial charge in [-0.2, -0.15) is 0 Å². The summed E-state index contributed by atoms with van der Waals surface area (Å²) in [5.74, 6) is 0. The molecule has 7 heteroatoms. The molecule has 0 spiro atoms. The number of hydrogen-bond donors (Lipinski definition) is 2. The van der Waals surface area contributed by atoms with E-state index in [-0.39, 0.29) is 4.90 Å². The number of aliphatic hydroxyl groups excluding tert-OH is 1. The van der Waals surface area contributed by atoms with Gasteiger partial charge in [0.05, 0.1) is 17.0 Å². The van der Waals surface area contributed by atoms with Crippen molar-refractivity contribution < 1.29 is 22.3 Å². The zero-order valence-electron chi connectivity index (χ0n) is 12.4. The second-order valence-corrected chi connectivity index (χ2v) is 7.29. The third kappa shape index (κ3) is 4.13. The van der Waals surface area contributed by atoms with E-state index in [1.165, 1.54) is 24.3 Å². The molecule has 2 aromatic rings. The molecule has 0 saturated heterocycles. The largest absolute Gasteiger partial charge is 0.387 e. The highest BCUT2D eigenvalue weighted by Gasteiger charge is 2.25. The molecule has 2 atom stereocenters. The maximum Gasteiger partial charge on any atom is 0.256 e. The predicted octanol–water partition coefficient (Wildman–Crippen LogP) is 2.38. The van der Waals surface area contributed by atoms with Gasteiger partial charge in [-0.15, -0.1) is 0 Å². The molecule has 0 bridgehead atoms. The molecule has 3 N–H and O–H groups in total. The SMILES string of the molecule is CS(=O)(=O)c1ccc(-c2ccc([C@@H](O)[C@H](N)C(F)F)cc2)cc1. The lowest BCUT2D eigenvalue weighted by molar-refractivity contribution is 0.0354. The minimum atomic E-state index is -3.26. The molecule has 0 saturated carbocycles. The topological polar surface area (TPSA) is 80.4 Å². The van der Waals surface area contributed by atoms with Crippen LogP contribution in [-0.4, -0.2) is 32.2 Å². The van der Waals surface area contributed by atoms with Crippen molar-refractivity contribution in [2.75, 3.05) is 6.26 Å². The molecule has 0 unspecified atom stereocenters. The molecule has 0 heterocycles. The number of hydrogen-bond acceptors (Lipinski definition) is 4. The van der Waals surface area contributed by atoms with Crippen molar-refractivity contribution in [1.82, 2.24) is 0 Å². The number of aliphatic hydroxyl groups is 1. The standard InChI is InChI=1S/C16H17F2NO3S/c1-23(21,22)13-8-6-11(7-9-13)10-2-4-12(5-3-10)15(20)14(19)16(17)18/h2-9,14-16,20H,19H2,1H3/t14-,15+/m0/s1. The molecule has 0 aromatic heterocycles. The third-order valence-electron chi connectivity index (χ3n) is 3.52. The minimum Gasteiger partial charge on any atom is -0.387 e. The van der Waals surface area contributed by atoms with Crippen molar-refractivity contribution in [2.24, 2.45) is 5.73 Å². The number of nitrogens with two attached hydrogens (primary N) is 1. The van der Waals surface area contributed by atoms with Crippen molar-refractivity contribution in [3.8, 4) is 11.1 Å². The molecule has 4 nitrogen and oxygen atoms in total. The first-order valence-corrected chi connectivity index (χ1v) is 8.71. The highest BCUT2D eigenvalue weighted by molar-refractivity contribution is 7.90. The van der Waals surface area contributed by atoms with E-state index < -0.39 is 28.4 Å². The van der Waals surface area contributed by atoms with Crippen molar-refractivity contribution >= 4 is 9.84 Å². The minimum absolute atomic E-state index is 0.219. The van der Waals surface area contributed by atoms with E-state index in [4.69, 9.17) is 5.73 Å². The summed E-state index contributed by atoms with van der Waals surface area (Å²) in [6.07, 6.45) is -3.13. The van der Waals surface area contributed by atoms with Crippen LogP contribution in [0.25, 0.3) is 11.1 Å². The van der Waals surface area contributed by atoms with Gasteiger partial charge >= 0.3 is 0 Å². The zero-order chi connectivity index (χ0) is 17.2. The zero-order valence-corrected chi connectivity index (χ0v) is 13.2. The number of rotatable bonds is 5. The molecule has 0 fully saturated rings. The van der Waals surface area contributed by atoms with Crippen molar-refractivity contribution in [2.45, 2.75) is 23.5 Å². The second kappa shape index (κ2) is 6.74. The molecule has 0 aliphatic heterocycles. The summed E-state index contributed by atoms with van der Waals surface area (Å²) < 4.78 is 47.9. The fourth-order valence-corrected chi connectivity index (χ4v) is 2.76. The second-order valence-electron chi connectivity index (χ2n) is 5.28. The van der Waals surface area contributed by atoms with Gasteiger partial charge in [0.25, 0.3) is 6.43 Å². The van der Waals surface area contributed by atoms with Crippen molar-refractivity contribution in [3.63, 3.8) is 0 Å². The average Bonchev–Trinajstić information content (AvgIpc) is 2.53. The van der Waals surface area contributed by atoms with Gasteiger partial charge in [-0.1, -0.05) is 36.4 Å². The van der Waals surface area contributed by atoms with Gasteiger partial charge in [0.15, 0.2) is 9.84 Å². The highest BCUT2D eigenvalue weighted by Crippen LogP contribution is 2.25. The van der Waals surface area contributed by atoms with E-state index in [1.54, 1.807) is 24.3 Å². The smallest absolute Gasteiger partial charge is 0.256 e. The first-order chi connectivity index (χ1) is 10.7. The van der Waals surface area contributed by atoms with Crippen LogP contribution >= 0.6 is 0 Å². The Morgan fingerprint density at radius 2 is 1.39 bits per heavy atom. The Labute approximate surface area is 133 Å². The van der Waals surface area contributed by atoms with E-state index in [2.05, 4.69) is 0 Å². The van der Waals surface area contributed by atoms with Crippen molar-refractivity contribution in [1.29, 1.82) is 0 Å². The van der Waals surface area contributed by atoms with Crippen LogP contribution in [0.15, 0.2) is 53.4 Å². The Balaban J connectivity index is 2.23. The van der Waals surface area contributed by atoms with Gasteiger partial charge < -0.3 is 10.8 Å². The molecule has 2 aromatic carbocycles. The van der Waals surface area contributed by atoms with E-state index in [1.807, 2.05) is 0 Å². The number of halogens is 2. The lowest BCUT2D eigenvalue weighted by Crippen LogP contribution is -2.35. The molecular formula is C16H17F2NO3S. The maximum absolute atomic E-state index is 12.5. The third-order valence-corrected chi connectivity index (χ3v) is 4.65. The van der Waals surface area contributed by atoms with E-state index in [0.29, 0.717) is 5.56 Å². The summed E-state index contributed by atoms with van der Waals surface area (Å²) in [6, 6.07) is 11.0. The van der Waals surface area contributed by atoms with Crippen molar-refractivity contribution in [3.05, 3.63) is 54.1 Å². The Morgan fingerprint density at radius 1 is 0.957 bits per heavy atom. The lowest BCUT2D eigenvalue weighted by atomic mass is 9.99. The van der Waals surface area contributed by atoms with Crippen LogP contribution in [0, 0.1) is 0 Å².